The Labute approximate surface area is 170 Å². The number of carboxylic acids is 2. The summed E-state index contributed by atoms with van der Waals surface area (Å²) in [5.41, 5.74) is 0.981. The number of dihydropyridines is 1. The standard InChI is InChI=1S/C19H17Cl2N3O4/c1-10-14(18(25)26)15(11-3-2-4-12(20)17(11)21)16(19(27)28)13(23-10)5-7-24-8-6-22-9-24/h2-4,6,8-9,15,23H,5,7H2,1H3,(H,25,26)(H,27,28). The molecule has 1 unspecified atom stereocenters. The third-order valence-corrected chi connectivity index (χ3v) is 5.41. The molecule has 0 saturated heterocycles. The largest absolute Gasteiger partial charge is 0.478 e. The highest BCUT2D eigenvalue weighted by Gasteiger charge is 2.38. The first-order chi connectivity index (χ1) is 13.3. The number of carboxylic acid groups (broad SMARTS) is 2. The van der Waals surface area contributed by atoms with Gasteiger partial charge in [0, 0.05) is 36.8 Å². The van der Waals surface area contributed by atoms with Gasteiger partial charge in [-0.15, -0.1) is 0 Å². The predicted molar refractivity (Wildman–Crippen MR) is 104 cm³/mol. The van der Waals surface area contributed by atoms with Gasteiger partial charge in [0.15, 0.2) is 0 Å². The quantitative estimate of drug-likeness (QED) is 0.657. The second kappa shape index (κ2) is 8.08. The Morgan fingerprint density at radius 1 is 1.21 bits per heavy atom. The number of aliphatic carboxylic acids is 2. The van der Waals surface area contributed by atoms with Gasteiger partial charge < -0.3 is 20.1 Å². The normalized spacial score (nSPS) is 16.9. The van der Waals surface area contributed by atoms with Crippen LogP contribution < -0.4 is 5.32 Å². The molecule has 28 heavy (non-hydrogen) atoms. The summed E-state index contributed by atoms with van der Waals surface area (Å²) in [6, 6.07) is 4.78. The first kappa shape index (κ1) is 20.0. The molecular weight excluding hydrogens is 405 g/mol. The zero-order valence-corrected chi connectivity index (χ0v) is 16.3. The highest BCUT2D eigenvalue weighted by atomic mass is 35.5. The van der Waals surface area contributed by atoms with Crippen molar-refractivity contribution in [1.82, 2.24) is 14.9 Å². The highest BCUT2D eigenvalue weighted by molar-refractivity contribution is 6.42. The lowest BCUT2D eigenvalue weighted by Gasteiger charge is -2.30. The monoisotopic (exact) mass is 421 g/mol. The van der Waals surface area contributed by atoms with Crippen molar-refractivity contribution >= 4 is 35.1 Å². The van der Waals surface area contributed by atoms with Gasteiger partial charge in [0.25, 0.3) is 0 Å². The fourth-order valence-corrected chi connectivity index (χ4v) is 3.76. The number of imidazole rings is 1. The van der Waals surface area contributed by atoms with Gasteiger partial charge in [-0.3, -0.25) is 0 Å². The average Bonchev–Trinajstić information content (AvgIpc) is 3.14. The topological polar surface area (TPSA) is 104 Å². The van der Waals surface area contributed by atoms with Crippen molar-refractivity contribution in [2.75, 3.05) is 0 Å². The van der Waals surface area contributed by atoms with Crippen LogP contribution in [0.4, 0.5) is 0 Å². The van der Waals surface area contributed by atoms with Crippen molar-refractivity contribution in [2.45, 2.75) is 25.8 Å². The van der Waals surface area contributed by atoms with Gasteiger partial charge >= 0.3 is 11.9 Å². The molecule has 0 aliphatic carbocycles. The summed E-state index contributed by atoms with van der Waals surface area (Å²) in [6.45, 7) is 2.08. The number of benzene rings is 1. The Morgan fingerprint density at radius 2 is 1.93 bits per heavy atom. The number of carbonyl (C=O) groups is 2. The molecule has 0 spiro atoms. The Kier molecular flexibility index (Phi) is 5.76. The summed E-state index contributed by atoms with van der Waals surface area (Å²) in [6.07, 6.45) is 5.36. The summed E-state index contributed by atoms with van der Waals surface area (Å²) >= 11 is 12.4. The van der Waals surface area contributed by atoms with E-state index < -0.39 is 17.9 Å². The smallest absolute Gasteiger partial charge is 0.334 e. The minimum Gasteiger partial charge on any atom is -0.478 e. The minimum atomic E-state index is -1.22. The SMILES string of the molecule is CC1=C(C(=O)O)C(c2cccc(Cl)c2Cl)C(C(=O)O)=C(CCn2ccnc2)N1. The maximum Gasteiger partial charge on any atom is 0.334 e. The summed E-state index contributed by atoms with van der Waals surface area (Å²) in [5.74, 6) is -3.50. The lowest BCUT2D eigenvalue weighted by atomic mass is 9.79. The molecule has 7 nitrogen and oxygen atoms in total. The fourth-order valence-electron chi connectivity index (χ4n) is 3.34. The molecule has 0 amide bonds. The first-order valence-corrected chi connectivity index (χ1v) is 9.14. The molecule has 1 aliphatic heterocycles. The lowest BCUT2D eigenvalue weighted by Crippen LogP contribution is -2.32. The number of nitrogens with one attached hydrogen (secondary N) is 1. The van der Waals surface area contributed by atoms with Gasteiger partial charge in [-0.1, -0.05) is 35.3 Å². The van der Waals surface area contributed by atoms with E-state index in [1.54, 1.807) is 48.4 Å². The summed E-state index contributed by atoms with van der Waals surface area (Å²) < 4.78 is 1.81. The van der Waals surface area contributed by atoms with Crippen LogP contribution in [0.2, 0.25) is 10.0 Å². The zero-order valence-electron chi connectivity index (χ0n) is 14.8. The van der Waals surface area contributed by atoms with E-state index in [0.29, 0.717) is 29.9 Å². The van der Waals surface area contributed by atoms with Crippen LogP contribution in [0.3, 0.4) is 0 Å². The average molecular weight is 422 g/mol. The molecule has 0 saturated carbocycles. The number of rotatable bonds is 6. The molecule has 0 bridgehead atoms. The van der Waals surface area contributed by atoms with Crippen molar-refractivity contribution in [3.63, 3.8) is 0 Å². The van der Waals surface area contributed by atoms with Gasteiger partial charge in [0.1, 0.15) is 0 Å². The molecule has 0 fully saturated rings. The van der Waals surface area contributed by atoms with Crippen molar-refractivity contribution in [2.24, 2.45) is 0 Å². The van der Waals surface area contributed by atoms with E-state index in [4.69, 9.17) is 23.2 Å². The number of aryl methyl sites for hydroxylation is 1. The van der Waals surface area contributed by atoms with Crippen LogP contribution in [0, 0.1) is 0 Å². The molecule has 146 valence electrons. The number of hydrogen-bond acceptors (Lipinski definition) is 4. The predicted octanol–water partition coefficient (Wildman–Crippen LogP) is 3.66. The number of nitrogens with zero attached hydrogens (tertiary/aromatic N) is 2. The summed E-state index contributed by atoms with van der Waals surface area (Å²) in [5, 5.41) is 23.0. The van der Waals surface area contributed by atoms with Gasteiger partial charge in [-0.2, -0.15) is 0 Å². The van der Waals surface area contributed by atoms with E-state index in [2.05, 4.69) is 10.3 Å². The first-order valence-electron chi connectivity index (χ1n) is 8.38. The van der Waals surface area contributed by atoms with Crippen LogP contribution in [-0.4, -0.2) is 31.7 Å². The van der Waals surface area contributed by atoms with Crippen LogP contribution in [0.15, 0.2) is 59.5 Å². The van der Waals surface area contributed by atoms with Crippen LogP contribution in [0.5, 0.6) is 0 Å². The van der Waals surface area contributed by atoms with Crippen molar-refractivity contribution in [1.29, 1.82) is 0 Å². The Balaban J connectivity index is 2.15. The van der Waals surface area contributed by atoms with E-state index >= 15 is 0 Å². The van der Waals surface area contributed by atoms with Gasteiger partial charge in [0.05, 0.1) is 33.4 Å². The van der Waals surface area contributed by atoms with Gasteiger partial charge in [0.2, 0.25) is 0 Å². The second-order valence-electron chi connectivity index (χ2n) is 6.29. The molecule has 0 radical (unpaired) electrons. The maximum absolute atomic E-state index is 12.2. The van der Waals surface area contributed by atoms with E-state index in [-0.39, 0.29) is 21.2 Å². The van der Waals surface area contributed by atoms with Crippen LogP contribution >= 0.6 is 23.2 Å². The number of hydrogen-bond donors (Lipinski definition) is 3. The third-order valence-electron chi connectivity index (χ3n) is 4.58. The zero-order chi connectivity index (χ0) is 20.4. The van der Waals surface area contributed by atoms with E-state index in [0.717, 1.165) is 0 Å². The summed E-state index contributed by atoms with van der Waals surface area (Å²) in [4.78, 5) is 28.1. The second-order valence-corrected chi connectivity index (χ2v) is 7.08. The van der Waals surface area contributed by atoms with Crippen molar-refractivity contribution in [3.05, 3.63) is 75.1 Å². The fraction of sp³-hybridized carbons (Fsp3) is 0.211. The minimum absolute atomic E-state index is 0.0627. The highest BCUT2D eigenvalue weighted by Crippen LogP contribution is 2.43. The maximum atomic E-state index is 12.2. The van der Waals surface area contributed by atoms with Gasteiger partial charge in [-0.05, 0) is 18.6 Å². The van der Waals surface area contributed by atoms with E-state index in [1.807, 2.05) is 0 Å². The lowest BCUT2D eigenvalue weighted by molar-refractivity contribution is -0.133. The van der Waals surface area contributed by atoms with E-state index in [1.165, 1.54) is 0 Å². The molecular formula is C19H17Cl2N3O4. The Bertz CT molecular complexity index is 997. The molecule has 2 aromatic rings. The molecule has 1 aromatic carbocycles. The van der Waals surface area contributed by atoms with Crippen LogP contribution in [0.25, 0.3) is 0 Å². The number of halogens is 2. The van der Waals surface area contributed by atoms with Crippen molar-refractivity contribution < 1.29 is 19.8 Å². The van der Waals surface area contributed by atoms with Crippen molar-refractivity contribution in [3.8, 4) is 0 Å². The molecule has 3 N–H and O–H groups in total. The third kappa shape index (κ3) is 3.76. The van der Waals surface area contributed by atoms with Crippen LogP contribution in [0.1, 0.15) is 24.8 Å². The number of aromatic nitrogens is 2. The molecule has 1 aromatic heterocycles. The van der Waals surface area contributed by atoms with Crippen LogP contribution in [-0.2, 0) is 16.1 Å². The van der Waals surface area contributed by atoms with Gasteiger partial charge in [-0.25, -0.2) is 14.6 Å². The molecule has 1 atom stereocenters. The number of allylic oxidation sites excluding steroid dienone is 2. The Morgan fingerprint density at radius 3 is 2.54 bits per heavy atom. The van der Waals surface area contributed by atoms with E-state index in [9.17, 15) is 19.8 Å². The molecule has 1 aliphatic rings. The molecule has 3 rings (SSSR count). The summed E-state index contributed by atoms with van der Waals surface area (Å²) in [7, 11) is 0. The Hall–Kier alpha value is -2.77. The molecule has 2 heterocycles. The molecule has 9 heteroatoms.